The smallest absolute Gasteiger partial charge is 0.321 e. The lowest BCUT2D eigenvalue weighted by atomic mass is 9.96. The normalized spacial score (nSPS) is 14.5. The first-order valence-electron chi connectivity index (χ1n) is 10.9. The number of urea groups is 1. The van der Waals surface area contributed by atoms with Crippen molar-refractivity contribution in [3.8, 4) is 0 Å². The Hall–Kier alpha value is -3.63. The number of para-hydroxylation sites is 1. The summed E-state index contributed by atoms with van der Waals surface area (Å²) in [7, 11) is -3.77. The maximum Gasteiger partial charge on any atom is 0.321 e. The van der Waals surface area contributed by atoms with Gasteiger partial charge in [0.15, 0.2) is 0 Å². The average Bonchev–Trinajstić information content (AvgIpc) is 3.38. The molecule has 1 fully saturated rings. The van der Waals surface area contributed by atoms with Crippen LogP contribution in [0, 0.1) is 5.92 Å². The molecule has 0 unspecified atom stereocenters. The van der Waals surface area contributed by atoms with Gasteiger partial charge in [-0.15, -0.1) is 0 Å². The van der Waals surface area contributed by atoms with E-state index in [0.29, 0.717) is 37.4 Å². The number of amides is 3. The quantitative estimate of drug-likeness (QED) is 0.475. The Kier molecular flexibility index (Phi) is 7.29. The van der Waals surface area contributed by atoms with Gasteiger partial charge in [0.05, 0.1) is 17.7 Å². The van der Waals surface area contributed by atoms with E-state index >= 15 is 0 Å². The van der Waals surface area contributed by atoms with E-state index in [-0.39, 0.29) is 29.3 Å². The van der Waals surface area contributed by atoms with Gasteiger partial charge in [0, 0.05) is 30.4 Å². The number of nitrogens with zero attached hydrogens (tertiary/aromatic N) is 1. The topological polar surface area (TPSA) is 121 Å². The molecule has 1 aliphatic rings. The van der Waals surface area contributed by atoms with Crippen LogP contribution in [-0.4, -0.2) is 38.3 Å². The Labute approximate surface area is 198 Å². The number of sulfonamides is 1. The van der Waals surface area contributed by atoms with Crippen LogP contribution < -0.4 is 15.4 Å². The average molecular weight is 483 g/mol. The number of nitrogens with one attached hydrogen (secondary N) is 3. The molecule has 3 amide bonds. The molecule has 1 aliphatic heterocycles. The first kappa shape index (κ1) is 23.5. The van der Waals surface area contributed by atoms with Crippen LogP contribution in [0.3, 0.4) is 0 Å². The van der Waals surface area contributed by atoms with Crippen molar-refractivity contribution in [1.29, 1.82) is 0 Å². The summed E-state index contributed by atoms with van der Waals surface area (Å²) < 4.78 is 32.8. The van der Waals surface area contributed by atoms with E-state index in [2.05, 4.69) is 15.4 Å². The van der Waals surface area contributed by atoms with Crippen molar-refractivity contribution in [2.75, 3.05) is 23.7 Å². The maximum absolute atomic E-state index is 12.8. The number of carbonyl (C=O) groups excluding carboxylic acids is 2. The number of rotatable bonds is 7. The summed E-state index contributed by atoms with van der Waals surface area (Å²) in [5.74, 6) is 0.0381. The molecule has 1 saturated heterocycles. The van der Waals surface area contributed by atoms with Gasteiger partial charge in [-0.05, 0) is 55.3 Å². The minimum Gasteiger partial charge on any atom is -0.468 e. The number of likely N-dealkylation sites (tertiary alicyclic amines) is 1. The Balaban J connectivity index is 1.30. The number of carbonyl (C=O) groups is 2. The van der Waals surface area contributed by atoms with E-state index < -0.39 is 10.0 Å². The maximum atomic E-state index is 12.8. The van der Waals surface area contributed by atoms with E-state index in [4.69, 9.17) is 4.42 Å². The van der Waals surface area contributed by atoms with Gasteiger partial charge >= 0.3 is 6.03 Å². The van der Waals surface area contributed by atoms with Gasteiger partial charge in [0.2, 0.25) is 15.9 Å². The van der Waals surface area contributed by atoms with Crippen LogP contribution in [0.4, 0.5) is 16.2 Å². The molecule has 0 aliphatic carbocycles. The molecular formula is C24H26N4O5S. The summed E-state index contributed by atoms with van der Waals surface area (Å²) in [4.78, 5) is 26.9. The zero-order valence-electron chi connectivity index (χ0n) is 18.4. The van der Waals surface area contributed by atoms with Gasteiger partial charge in [0.25, 0.3) is 0 Å². The molecule has 34 heavy (non-hydrogen) atoms. The molecule has 1 aromatic heterocycles. The molecule has 0 atom stereocenters. The third-order valence-corrected chi connectivity index (χ3v) is 7.01. The molecule has 10 heteroatoms. The predicted molar refractivity (Wildman–Crippen MR) is 128 cm³/mol. The van der Waals surface area contributed by atoms with Gasteiger partial charge < -0.3 is 20.0 Å². The minimum absolute atomic E-state index is 0.0301. The number of hydrogen-bond acceptors (Lipinski definition) is 5. The van der Waals surface area contributed by atoms with Crippen LogP contribution in [0.5, 0.6) is 0 Å². The molecule has 9 nitrogen and oxygen atoms in total. The first-order valence-corrected chi connectivity index (χ1v) is 12.4. The summed E-state index contributed by atoms with van der Waals surface area (Å²) >= 11 is 0. The van der Waals surface area contributed by atoms with Crippen LogP contribution in [-0.2, 0) is 21.4 Å². The van der Waals surface area contributed by atoms with Crippen molar-refractivity contribution in [3.63, 3.8) is 0 Å². The van der Waals surface area contributed by atoms with Crippen molar-refractivity contribution >= 4 is 33.3 Å². The monoisotopic (exact) mass is 482 g/mol. The van der Waals surface area contributed by atoms with E-state index in [1.807, 2.05) is 30.3 Å². The lowest BCUT2D eigenvalue weighted by Crippen LogP contribution is -2.43. The van der Waals surface area contributed by atoms with Crippen LogP contribution in [0.1, 0.15) is 18.6 Å². The SMILES string of the molecule is O=C(Nc1cccc(S(=O)(=O)NCc2ccco2)c1)C1CCN(C(=O)Nc2ccccc2)CC1. The third kappa shape index (κ3) is 6.03. The highest BCUT2D eigenvalue weighted by Gasteiger charge is 2.27. The summed E-state index contributed by atoms with van der Waals surface area (Å²) in [5, 5.41) is 5.66. The van der Waals surface area contributed by atoms with Crippen LogP contribution in [0.25, 0.3) is 0 Å². The minimum atomic E-state index is -3.77. The number of piperidine rings is 1. The van der Waals surface area contributed by atoms with E-state index in [0.717, 1.165) is 5.69 Å². The number of hydrogen-bond donors (Lipinski definition) is 3. The lowest BCUT2D eigenvalue weighted by Gasteiger charge is -2.31. The van der Waals surface area contributed by atoms with Gasteiger partial charge in [-0.2, -0.15) is 0 Å². The Morgan fingerprint density at radius 2 is 1.65 bits per heavy atom. The molecule has 2 aromatic carbocycles. The number of anilines is 2. The van der Waals surface area contributed by atoms with Gasteiger partial charge in [-0.25, -0.2) is 17.9 Å². The fourth-order valence-corrected chi connectivity index (χ4v) is 4.76. The highest BCUT2D eigenvalue weighted by molar-refractivity contribution is 7.89. The standard InChI is InChI=1S/C24H26N4O5S/c29-23(18-11-13-28(14-12-18)24(30)27-19-6-2-1-3-7-19)26-20-8-4-10-22(16-20)34(31,32)25-17-21-9-5-15-33-21/h1-10,15-16,18,25H,11-14,17H2,(H,26,29)(H,27,30). The Morgan fingerprint density at radius 3 is 2.35 bits per heavy atom. The molecular weight excluding hydrogens is 456 g/mol. The molecule has 178 valence electrons. The molecule has 0 bridgehead atoms. The number of furan rings is 1. The van der Waals surface area contributed by atoms with Gasteiger partial charge in [-0.3, -0.25) is 4.79 Å². The number of benzene rings is 2. The molecule has 3 N–H and O–H groups in total. The molecule has 3 aromatic rings. The predicted octanol–water partition coefficient (Wildman–Crippen LogP) is 3.64. The van der Waals surface area contributed by atoms with Gasteiger partial charge in [-0.1, -0.05) is 24.3 Å². The zero-order valence-corrected chi connectivity index (χ0v) is 19.3. The van der Waals surface area contributed by atoms with E-state index in [9.17, 15) is 18.0 Å². The molecule has 0 radical (unpaired) electrons. The van der Waals surface area contributed by atoms with E-state index in [1.165, 1.54) is 18.4 Å². The molecule has 0 spiro atoms. The summed E-state index contributed by atoms with van der Waals surface area (Å²) in [6.07, 6.45) is 2.52. The molecule has 4 rings (SSSR count). The Bertz CT molecular complexity index is 1220. The zero-order chi connectivity index (χ0) is 24.0. The Morgan fingerprint density at radius 1 is 0.912 bits per heavy atom. The van der Waals surface area contributed by atoms with Crippen molar-refractivity contribution in [2.45, 2.75) is 24.3 Å². The van der Waals surface area contributed by atoms with Crippen LogP contribution >= 0.6 is 0 Å². The highest BCUT2D eigenvalue weighted by atomic mass is 32.2. The second-order valence-corrected chi connectivity index (χ2v) is 9.75. The first-order chi connectivity index (χ1) is 16.4. The summed E-state index contributed by atoms with van der Waals surface area (Å²) in [6.45, 7) is 0.950. The second kappa shape index (κ2) is 10.5. The second-order valence-electron chi connectivity index (χ2n) is 7.98. The summed E-state index contributed by atoms with van der Waals surface area (Å²) in [5.41, 5.74) is 1.12. The van der Waals surface area contributed by atoms with E-state index in [1.54, 1.807) is 29.2 Å². The lowest BCUT2D eigenvalue weighted by molar-refractivity contribution is -0.121. The fourth-order valence-electron chi connectivity index (χ4n) is 3.72. The van der Waals surface area contributed by atoms with Crippen molar-refractivity contribution in [2.24, 2.45) is 5.92 Å². The highest BCUT2D eigenvalue weighted by Crippen LogP contribution is 2.22. The van der Waals surface area contributed by atoms with Crippen molar-refractivity contribution in [3.05, 3.63) is 78.8 Å². The van der Waals surface area contributed by atoms with Crippen LogP contribution in [0.2, 0.25) is 0 Å². The van der Waals surface area contributed by atoms with Crippen molar-refractivity contribution in [1.82, 2.24) is 9.62 Å². The fraction of sp³-hybridized carbons (Fsp3) is 0.250. The van der Waals surface area contributed by atoms with Crippen molar-refractivity contribution < 1.29 is 22.4 Å². The van der Waals surface area contributed by atoms with Crippen LogP contribution in [0.15, 0.2) is 82.3 Å². The third-order valence-electron chi connectivity index (χ3n) is 5.61. The largest absolute Gasteiger partial charge is 0.468 e. The molecule has 0 saturated carbocycles. The molecule has 2 heterocycles. The van der Waals surface area contributed by atoms with Gasteiger partial charge in [0.1, 0.15) is 5.76 Å². The summed E-state index contributed by atoms with van der Waals surface area (Å²) in [6, 6.07) is 18.5.